The maximum absolute atomic E-state index is 13.6. The van der Waals surface area contributed by atoms with Gasteiger partial charge in [0, 0.05) is 4.88 Å². The van der Waals surface area contributed by atoms with Crippen molar-refractivity contribution < 1.29 is 9.53 Å². The first-order chi connectivity index (χ1) is 13.1. The Bertz CT molecular complexity index is 1080. The lowest BCUT2D eigenvalue weighted by atomic mass is 9.97. The fourth-order valence-electron chi connectivity index (χ4n) is 3.48. The fourth-order valence-corrected chi connectivity index (χ4v) is 5.58. The van der Waals surface area contributed by atoms with Crippen molar-refractivity contribution in [2.45, 2.75) is 37.8 Å². The Morgan fingerprint density at radius 2 is 2.07 bits per heavy atom. The van der Waals surface area contributed by atoms with Crippen LogP contribution in [-0.2, 0) is 17.6 Å². The van der Waals surface area contributed by atoms with E-state index in [1.807, 2.05) is 24.3 Å². The van der Waals surface area contributed by atoms with Crippen LogP contribution in [0.2, 0.25) is 0 Å². The molecule has 0 atom stereocenters. The van der Waals surface area contributed by atoms with Gasteiger partial charge in [0.1, 0.15) is 16.4 Å². The van der Waals surface area contributed by atoms with Crippen LogP contribution in [0.3, 0.4) is 0 Å². The highest BCUT2D eigenvalue weighted by Crippen LogP contribution is 2.36. The molecule has 7 heteroatoms. The van der Waals surface area contributed by atoms with E-state index in [0.29, 0.717) is 16.6 Å². The molecule has 27 heavy (non-hydrogen) atoms. The molecular formula is C20H20N2O3S2. The molecule has 2 heterocycles. The minimum absolute atomic E-state index is 0.0476. The number of benzene rings is 1. The largest absolute Gasteiger partial charge is 0.495 e. The third kappa shape index (κ3) is 3.30. The Hall–Kier alpha value is -2.12. The first-order valence-corrected chi connectivity index (χ1v) is 10.7. The van der Waals surface area contributed by atoms with Gasteiger partial charge < -0.3 is 4.74 Å². The summed E-state index contributed by atoms with van der Waals surface area (Å²) < 4.78 is 7.09. The van der Waals surface area contributed by atoms with E-state index in [1.165, 1.54) is 16.6 Å². The molecule has 0 bridgehead atoms. The molecule has 0 aliphatic heterocycles. The first-order valence-electron chi connectivity index (χ1n) is 8.93. The Morgan fingerprint density at radius 1 is 1.30 bits per heavy atom. The van der Waals surface area contributed by atoms with Gasteiger partial charge in [0.05, 0.1) is 23.9 Å². The highest BCUT2D eigenvalue weighted by Gasteiger charge is 2.24. The normalized spacial score (nSPS) is 13.6. The monoisotopic (exact) mass is 400 g/mol. The van der Waals surface area contributed by atoms with Crippen LogP contribution >= 0.6 is 23.1 Å². The molecule has 3 aromatic rings. The van der Waals surface area contributed by atoms with Gasteiger partial charge in [-0.2, -0.15) is 0 Å². The van der Waals surface area contributed by atoms with Crippen molar-refractivity contribution in [2.24, 2.45) is 0 Å². The molecule has 0 fully saturated rings. The number of carbonyl (C=O) groups is 1. The summed E-state index contributed by atoms with van der Waals surface area (Å²) in [4.78, 5) is 32.0. The van der Waals surface area contributed by atoms with Crippen LogP contribution in [0.5, 0.6) is 5.75 Å². The number of methoxy groups -OCH3 is 1. The fraction of sp³-hybridized carbons (Fsp3) is 0.350. The summed E-state index contributed by atoms with van der Waals surface area (Å²) in [6.07, 6.45) is 4.21. The van der Waals surface area contributed by atoms with Crippen molar-refractivity contribution >= 4 is 39.1 Å². The minimum atomic E-state index is -0.0741. The zero-order chi connectivity index (χ0) is 19.0. The van der Waals surface area contributed by atoms with Crippen molar-refractivity contribution in [3.05, 3.63) is 45.1 Å². The SMILES string of the molecule is COc1ccccc1-n1c(SCC(C)=O)nc2sc3c(c2c1=O)CCCC3. The summed E-state index contributed by atoms with van der Waals surface area (Å²) in [6.45, 7) is 1.54. The van der Waals surface area contributed by atoms with Crippen LogP contribution < -0.4 is 10.3 Å². The van der Waals surface area contributed by atoms with E-state index in [0.717, 1.165) is 41.5 Å². The standard InChI is InChI=1S/C20H20N2O3S2/c1-12(23)11-26-20-21-18-17(13-7-3-6-10-16(13)27-18)19(24)22(20)14-8-4-5-9-15(14)25-2/h4-5,8-9H,3,6-7,10-11H2,1-2H3. The third-order valence-corrected chi connectivity index (χ3v) is 6.96. The molecule has 0 N–H and O–H groups in total. The highest BCUT2D eigenvalue weighted by atomic mass is 32.2. The highest BCUT2D eigenvalue weighted by molar-refractivity contribution is 7.99. The van der Waals surface area contributed by atoms with Gasteiger partial charge in [-0.1, -0.05) is 23.9 Å². The van der Waals surface area contributed by atoms with Crippen molar-refractivity contribution in [2.75, 3.05) is 12.9 Å². The van der Waals surface area contributed by atoms with Crippen molar-refractivity contribution in [3.63, 3.8) is 0 Å². The van der Waals surface area contributed by atoms with E-state index >= 15 is 0 Å². The lowest BCUT2D eigenvalue weighted by molar-refractivity contribution is -0.114. The number of aryl methyl sites for hydroxylation is 2. The number of hydrogen-bond donors (Lipinski definition) is 0. The number of ketones is 1. The average Bonchev–Trinajstić information content (AvgIpc) is 3.05. The Morgan fingerprint density at radius 3 is 2.85 bits per heavy atom. The maximum Gasteiger partial charge on any atom is 0.267 e. The van der Waals surface area contributed by atoms with E-state index in [9.17, 15) is 9.59 Å². The number of fused-ring (bicyclic) bond motifs is 3. The molecular weight excluding hydrogens is 380 g/mol. The molecule has 2 aromatic heterocycles. The second-order valence-corrected chi connectivity index (χ2v) is 8.61. The van der Waals surface area contributed by atoms with Crippen molar-refractivity contribution in [1.82, 2.24) is 9.55 Å². The second-order valence-electron chi connectivity index (χ2n) is 6.59. The molecule has 5 nitrogen and oxygen atoms in total. The summed E-state index contributed by atoms with van der Waals surface area (Å²) in [7, 11) is 1.59. The molecule has 0 saturated heterocycles. The molecule has 0 spiro atoms. The second kappa shape index (κ2) is 7.48. The smallest absolute Gasteiger partial charge is 0.267 e. The lowest BCUT2D eigenvalue weighted by Crippen LogP contribution is -2.23. The lowest BCUT2D eigenvalue weighted by Gasteiger charge is -2.15. The molecule has 0 saturated carbocycles. The summed E-state index contributed by atoms with van der Waals surface area (Å²) in [6, 6.07) is 7.42. The van der Waals surface area contributed by atoms with Crippen molar-refractivity contribution in [3.8, 4) is 11.4 Å². The van der Waals surface area contributed by atoms with Gasteiger partial charge in [-0.3, -0.25) is 14.2 Å². The topological polar surface area (TPSA) is 61.2 Å². The van der Waals surface area contributed by atoms with Crippen LogP contribution in [0.4, 0.5) is 0 Å². The van der Waals surface area contributed by atoms with Gasteiger partial charge in [0.25, 0.3) is 5.56 Å². The van der Waals surface area contributed by atoms with E-state index < -0.39 is 0 Å². The summed E-state index contributed by atoms with van der Waals surface area (Å²) in [5.41, 5.74) is 1.74. The van der Waals surface area contributed by atoms with Gasteiger partial charge in [-0.25, -0.2) is 4.98 Å². The van der Waals surface area contributed by atoms with Crippen LogP contribution in [0.15, 0.2) is 34.2 Å². The molecule has 0 amide bonds. The predicted octanol–water partition coefficient (Wildman–Crippen LogP) is 4.02. The molecule has 1 aromatic carbocycles. The van der Waals surface area contributed by atoms with Gasteiger partial charge >= 0.3 is 0 Å². The zero-order valence-electron chi connectivity index (χ0n) is 15.3. The Kier molecular flexibility index (Phi) is 5.06. The molecule has 1 aliphatic carbocycles. The van der Waals surface area contributed by atoms with E-state index in [2.05, 4.69) is 0 Å². The quantitative estimate of drug-likeness (QED) is 0.478. The number of thiophene rings is 1. The zero-order valence-corrected chi connectivity index (χ0v) is 16.9. The van der Waals surface area contributed by atoms with Gasteiger partial charge in [-0.05, 0) is 50.3 Å². The van der Waals surface area contributed by atoms with Crippen molar-refractivity contribution in [1.29, 1.82) is 0 Å². The number of carbonyl (C=O) groups excluding carboxylic acids is 1. The van der Waals surface area contributed by atoms with Gasteiger partial charge in [0.2, 0.25) is 0 Å². The van der Waals surface area contributed by atoms with E-state index in [-0.39, 0.29) is 17.1 Å². The average molecular weight is 401 g/mol. The Balaban J connectivity index is 2.01. The minimum Gasteiger partial charge on any atom is -0.495 e. The van der Waals surface area contributed by atoms with E-state index in [1.54, 1.807) is 29.9 Å². The maximum atomic E-state index is 13.6. The number of thioether (sulfide) groups is 1. The number of nitrogens with zero attached hydrogens (tertiary/aromatic N) is 2. The summed E-state index contributed by atoms with van der Waals surface area (Å²) in [5.74, 6) is 0.930. The number of aromatic nitrogens is 2. The predicted molar refractivity (Wildman–Crippen MR) is 110 cm³/mol. The molecule has 4 rings (SSSR count). The molecule has 0 radical (unpaired) electrons. The van der Waals surface area contributed by atoms with Crippen LogP contribution in [0, 0.1) is 0 Å². The summed E-state index contributed by atoms with van der Waals surface area (Å²) in [5, 5.41) is 1.26. The number of ether oxygens (including phenoxy) is 1. The molecule has 0 unspecified atom stereocenters. The van der Waals surface area contributed by atoms with Crippen LogP contribution in [-0.4, -0.2) is 28.2 Å². The number of Topliss-reactive ketones (excluding diaryl/α,β-unsaturated/α-hetero) is 1. The van der Waals surface area contributed by atoms with Crippen LogP contribution in [0.1, 0.15) is 30.2 Å². The van der Waals surface area contributed by atoms with Gasteiger partial charge in [0.15, 0.2) is 5.16 Å². The number of para-hydroxylation sites is 2. The Labute approximate surface area is 165 Å². The van der Waals surface area contributed by atoms with Crippen LogP contribution in [0.25, 0.3) is 15.9 Å². The first kappa shape index (κ1) is 18.3. The molecule has 1 aliphatic rings. The molecule has 140 valence electrons. The van der Waals surface area contributed by atoms with Gasteiger partial charge in [-0.15, -0.1) is 11.3 Å². The number of hydrogen-bond acceptors (Lipinski definition) is 6. The third-order valence-electron chi connectivity index (χ3n) is 4.69. The summed E-state index contributed by atoms with van der Waals surface area (Å²) >= 11 is 2.92. The number of rotatable bonds is 5. The van der Waals surface area contributed by atoms with E-state index in [4.69, 9.17) is 9.72 Å².